The number of benzene rings is 2. The predicted molar refractivity (Wildman–Crippen MR) is 118 cm³/mol. The highest BCUT2D eigenvalue weighted by Gasteiger charge is 2.28. The number of carbonyl (C=O) groups is 2. The number of para-hydroxylation sites is 1. The third-order valence-corrected chi connectivity index (χ3v) is 5.27. The molecule has 8 nitrogen and oxygen atoms in total. The third kappa shape index (κ3) is 4.65. The number of aromatic nitrogens is 2. The van der Waals surface area contributed by atoms with E-state index in [-0.39, 0.29) is 11.5 Å². The molecule has 0 spiro atoms. The van der Waals surface area contributed by atoms with Crippen molar-refractivity contribution in [2.24, 2.45) is 0 Å². The molecule has 2 heterocycles. The molecule has 4 rings (SSSR count). The van der Waals surface area contributed by atoms with Gasteiger partial charge in [-0.1, -0.05) is 18.2 Å². The zero-order valence-corrected chi connectivity index (χ0v) is 18.1. The second-order valence-corrected chi connectivity index (χ2v) is 7.39. The van der Waals surface area contributed by atoms with Crippen LogP contribution in [-0.4, -0.2) is 66.1 Å². The Balaban J connectivity index is 1.62. The Morgan fingerprint density at radius 1 is 1.03 bits per heavy atom. The van der Waals surface area contributed by atoms with Gasteiger partial charge in [0.1, 0.15) is 17.0 Å². The van der Waals surface area contributed by atoms with E-state index < -0.39 is 12.1 Å². The van der Waals surface area contributed by atoms with Crippen molar-refractivity contribution in [2.45, 2.75) is 13.0 Å². The minimum atomic E-state index is -0.913. The number of hydrogen-bond donors (Lipinski definition) is 0. The van der Waals surface area contributed by atoms with Gasteiger partial charge in [0.15, 0.2) is 6.10 Å². The Kier molecular flexibility index (Phi) is 6.51. The predicted octanol–water partition coefficient (Wildman–Crippen LogP) is 2.95. The highest BCUT2D eigenvalue weighted by molar-refractivity contribution is 5.97. The summed E-state index contributed by atoms with van der Waals surface area (Å²) in [4.78, 5) is 27.4. The molecule has 0 aliphatic carbocycles. The van der Waals surface area contributed by atoms with Crippen LogP contribution in [0, 0.1) is 0 Å². The quantitative estimate of drug-likeness (QED) is 0.554. The lowest BCUT2D eigenvalue weighted by Crippen LogP contribution is -2.46. The van der Waals surface area contributed by atoms with Gasteiger partial charge >= 0.3 is 5.97 Å². The zero-order valence-electron chi connectivity index (χ0n) is 18.1. The van der Waals surface area contributed by atoms with E-state index in [0.29, 0.717) is 37.7 Å². The van der Waals surface area contributed by atoms with Gasteiger partial charge < -0.3 is 19.1 Å². The average molecular weight is 435 g/mol. The summed E-state index contributed by atoms with van der Waals surface area (Å²) < 4.78 is 17.7. The molecule has 1 fully saturated rings. The molecule has 1 unspecified atom stereocenters. The minimum absolute atomic E-state index is 0.233. The molecule has 8 heteroatoms. The molecule has 0 N–H and O–H groups in total. The number of carbonyl (C=O) groups excluding carboxylic acids is 2. The molecular formula is C24H25N3O5. The zero-order chi connectivity index (χ0) is 22.5. The van der Waals surface area contributed by atoms with E-state index in [9.17, 15) is 9.59 Å². The topological polar surface area (TPSA) is 82.9 Å². The first-order chi connectivity index (χ1) is 15.6. The second-order valence-electron chi connectivity index (χ2n) is 7.39. The van der Waals surface area contributed by atoms with Crippen molar-refractivity contribution in [3.63, 3.8) is 0 Å². The van der Waals surface area contributed by atoms with E-state index in [0.717, 1.165) is 11.3 Å². The lowest BCUT2D eigenvalue weighted by Gasteiger charge is -2.28. The Hall–Kier alpha value is -3.65. The summed E-state index contributed by atoms with van der Waals surface area (Å²) in [6, 6.07) is 16.7. The second kappa shape index (κ2) is 9.65. The van der Waals surface area contributed by atoms with Gasteiger partial charge in [0.2, 0.25) is 0 Å². The van der Waals surface area contributed by atoms with Crippen molar-refractivity contribution in [3.8, 4) is 22.7 Å². The molecule has 1 atom stereocenters. The van der Waals surface area contributed by atoms with Gasteiger partial charge in [-0.3, -0.25) is 4.79 Å². The standard InChI is InChI=1S/C24H25N3O5/c1-17(23(28)26-12-14-31-15-13-26)32-24(29)21-16-27(19-6-4-3-5-7-19)25-22(21)18-8-10-20(30-2)11-9-18/h3-11,16-17H,12-15H2,1-2H3. The fraction of sp³-hybridized carbons (Fsp3) is 0.292. The fourth-order valence-corrected chi connectivity index (χ4v) is 3.51. The van der Waals surface area contributed by atoms with E-state index in [1.54, 1.807) is 41.9 Å². The maximum atomic E-state index is 13.1. The SMILES string of the molecule is COc1ccc(-c2nn(-c3ccccc3)cc2C(=O)OC(C)C(=O)N2CCOCC2)cc1. The number of hydrogen-bond acceptors (Lipinski definition) is 6. The van der Waals surface area contributed by atoms with E-state index in [1.165, 1.54) is 0 Å². The average Bonchev–Trinajstić information content (AvgIpc) is 3.30. The first-order valence-electron chi connectivity index (χ1n) is 10.4. The van der Waals surface area contributed by atoms with Crippen LogP contribution in [0.15, 0.2) is 60.8 Å². The maximum Gasteiger partial charge on any atom is 0.342 e. The molecule has 1 aliphatic rings. The third-order valence-electron chi connectivity index (χ3n) is 5.27. The van der Waals surface area contributed by atoms with Gasteiger partial charge in [0.05, 0.1) is 26.0 Å². The fourth-order valence-electron chi connectivity index (χ4n) is 3.51. The van der Waals surface area contributed by atoms with Crippen molar-refractivity contribution in [1.29, 1.82) is 0 Å². The van der Waals surface area contributed by atoms with Crippen LogP contribution in [0.25, 0.3) is 16.9 Å². The van der Waals surface area contributed by atoms with E-state index in [2.05, 4.69) is 5.10 Å². The Bertz CT molecular complexity index is 1070. The van der Waals surface area contributed by atoms with E-state index >= 15 is 0 Å². The summed E-state index contributed by atoms with van der Waals surface area (Å²) in [7, 11) is 1.59. The highest BCUT2D eigenvalue weighted by Crippen LogP contribution is 2.27. The van der Waals surface area contributed by atoms with Gasteiger partial charge in [0, 0.05) is 24.8 Å². The number of esters is 1. The van der Waals surface area contributed by atoms with Gasteiger partial charge in [-0.25, -0.2) is 9.48 Å². The molecule has 1 amide bonds. The summed E-state index contributed by atoms with van der Waals surface area (Å²) in [5.74, 6) is -0.139. The summed E-state index contributed by atoms with van der Waals surface area (Å²) in [6.45, 7) is 3.54. The van der Waals surface area contributed by atoms with Crippen molar-refractivity contribution in [3.05, 3.63) is 66.4 Å². The summed E-state index contributed by atoms with van der Waals surface area (Å²) >= 11 is 0. The smallest absolute Gasteiger partial charge is 0.342 e. The van der Waals surface area contributed by atoms with Crippen LogP contribution < -0.4 is 4.74 Å². The molecule has 1 saturated heterocycles. The van der Waals surface area contributed by atoms with Crippen LogP contribution in [0.4, 0.5) is 0 Å². The Labute approximate surface area is 186 Å². The first kappa shape index (κ1) is 21.6. The Morgan fingerprint density at radius 3 is 2.38 bits per heavy atom. The maximum absolute atomic E-state index is 13.1. The number of ether oxygens (including phenoxy) is 3. The van der Waals surface area contributed by atoms with Crippen LogP contribution >= 0.6 is 0 Å². The van der Waals surface area contributed by atoms with Crippen molar-refractivity contribution in [2.75, 3.05) is 33.4 Å². The number of methoxy groups -OCH3 is 1. The monoisotopic (exact) mass is 435 g/mol. The normalized spacial score (nSPS) is 14.6. The largest absolute Gasteiger partial charge is 0.497 e. The van der Waals surface area contributed by atoms with Crippen LogP contribution in [0.2, 0.25) is 0 Å². The van der Waals surface area contributed by atoms with Crippen LogP contribution in [0.1, 0.15) is 17.3 Å². The molecule has 0 bridgehead atoms. The lowest BCUT2D eigenvalue weighted by molar-refractivity contribution is -0.143. The van der Waals surface area contributed by atoms with Crippen molar-refractivity contribution >= 4 is 11.9 Å². The van der Waals surface area contributed by atoms with Crippen LogP contribution in [0.5, 0.6) is 5.75 Å². The van der Waals surface area contributed by atoms with E-state index in [4.69, 9.17) is 14.2 Å². The van der Waals surface area contributed by atoms with Crippen LogP contribution in [-0.2, 0) is 14.3 Å². The van der Waals surface area contributed by atoms with Gasteiger partial charge in [0.25, 0.3) is 5.91 Å². The molecule has 0 radical (unpaired) electrons. The summed E-state index contributed by atoms with van der Waals surface area (Å²) in [5.41, 5.74) is 2.28. The van der Waals surface area contributed by atoms with E-state index in [1.807, 2.05) is 42.5 Å². The van der Waals surface area contributed by atoms with Gasteiger partial charge in [-0.2, -0.15) is 5.10 Å². The molecule has 1 aromatic heterocycles. The summed E-state index contributed by atoms with van der Waals surface area (Å²) in [5, 5.41) is 4.63. The molecule has 32 heavy (non-hydrogen) atoms. The highest BCUT2D eigenvalue weighted by atomic mass is 16.5. The molecule has 2 aromatic carbocycles. The number of amides is 1. The van der Waals surface area contributed by atoms with Gasteiger partial charge in [-0.15, -0.1) is 0 Å². The van der Waals surface area contributed by atoms with Crippen molar-refractivity contribution in [1.82, 2.24) is 14.7 Å². The van der Waals surface area contributed by atoms with Crippen LogP contribution in [0.3, 0.4) is 0 Å². The number of nitrogens with zero attached hydrogens (tertiary/aromatic N) is 3. The lowest BCUT2D eigenvalue weighted by atomic mass is 10.1. The molecular weight excluding hydrogens is 410 g/mol. The number of morpholine rings is 1. The molecule has 0 saturated carbocycles. The van der Waals surface area contributed by atoms with Gasteiger partial charge in [-0.05, 0) is 43.3 Å². The summed E-state index contributed by atoms with van der Waals surface area (Å²) in [6.07, 6.45) is 0.716. The number of rotatable bonds is 6. The molecule has 3 aromatic rings. The minimum Gasteiger partial charge on any atom is -0.497 e. The van der Waals surface area contributed by atoms with Crippen molar-refractivity contribution < 1.29 is 23.8 Å². The Morgan fingerprint density at radius 2 is 1.72 bits per heavy atom. The molecule has 166 valence electrons. The first-order valence-corrected chi connectivity index (χ1v) is 10.4. The molecule has 1 aliphatic heterocycles.